The van der Waals surface area contributed by atoms with Crippen molar-refractivity contribution in [3.8, 4) is 5.75 Å². The molecular formula is C21H35IN4O2. The molecular weight excluding hydrogens is 467 g/mol. The first-order valence-corrected chi connectivity index (χ1v) is 9.91. The van der Waals surface area contributed by atoms with Crippen LogP contribution in [-0.2, 0) is 11.2 Å². The molecule has 1 unspecified atom stereocenters. The Labute approximate surface area is 186 Å². The van der Waals surface area contributed by atoms with Gasteiger partial charge in [-0.1, -0.05) is 31.5 Å². The second-order valence-corrected chi connectivity index (χ2v) is 7.39. The second-order valence-electron chi connectivity index (χ2n) is 7.39. The van der Waals surface area contributed by atoms with Crippen LogP contribution in [0.3, 0.4) is 0 Å². The van der Waals surface area contributed by atoms with E-state index in [1.54, 1.807) is 7.11 Å². The van der Waals surface area contributed by atoms with Gasteiger partial charge in [0.2, 0.25) is 5.91 Å². The van der Waals surface area contributed by atoms with Crippen LogP contribution in [0.15, 0.2) is 23.2 Å². The summed E-state index contributed by atoms with van der Waals surface area (Å²) in [5, 5.41) is 6.79. The Morgan fingerprint density at radius 3 is 2.79 bits per heavy atom. The summed E-state index contributed by atoms with van der Waals surface area (Å²) >= 11 is 0. The number of amides is 1. The van der Waals surface area contributed by atoms with Crippen LogP contribution in [0.2, 0.25) is 0 Å². The molecule has 1 amide bonds. The van der Waals surface area contributed by atoms with Gasteiger partial charge in [-0.25, -0.2) is 0 Å². The molecule has 2 N–H and O–H groups in total. The van der Waals surface area contributed by atoms with E-state index >= 15 is 0 Å². The summed E-state index contributed by atoms with van der Waals surface area (Å²) in [4.78, 5) is 18.8. The predicted molar refractivity (Wildman–Crippen MR) is 126 cm³/mol. The van der Waals surface area contributed by atoms with Crippen LogP contribution in [0.4, 0.5) is 0 Å². The average Bonchev–Trinajstić information content (AvgIpc) is 3.09. The topological polar surface area (TPSA) is 66.0 Å². The van der Waals surface area contributed by atoms with E-state index in [4.69, 9.17) is 9.73 Å². The van der Waals surface area contributed by atoms with Crippen LogP contribution in [0.5, 0.6) is 5.75 Å². The molecule has 1 saturated heterocycles. The number of likely N-dealkylation sites (tertiary alicyclic amines) is 1. The van der Waals surface area contributed by atoms with Crippen molar-refractivity contribution in [2.45, 2.75) is 46.6 Å². The molecule has 0 bridgehead atoms. The van der Waals surface area contributed by atoms with Gasteiger partial charge < -0.3 is 20.3 Å². The van der Waals surface area contributed by atoms with Gasteiger partial charge in [0.1, 0.15) is 5.75 Å². The smallest absolute Gasteiger partial charge is 0.225 e. The maximum absolute atomic E-state index is 12.2. The third-order valence-corrected chi connectivity index (χ3v) is 4.77. The molecule has 0 aliphatic carbocycles. The average molecular weight is 502 g/mol. The van der Waals surface area contributed by atoms with E-state index in [-0.39, 0.29) is 41.8 Å². The van der Waals surface area contributed by atoms with E-state index in [1.165, 1.54) is 11.1 Å². The van der Waals surface area contributed by atoms with Gasteiger partial charge in [0.05, 0.1) is 7.11 Å². The molecule has 0 saturated carbocycles. The zero-order valence-corrected chi connectivity index (χ0v) is 20.1. The number of halogens is 1. The molecule has 1 aliphatic heterocycles. The lowest BCUT2D eigenvalue weighted by Gasteiger charge is -2.20. The molecule has 158 valence electrons. The number of guanidine groups is 1. The quantitative estimate of drug-likeness (QED) is 0.342. The Kier molecular flexibility index (Phi) is 10.6. The predicted octanol–water partition coefficient (Wildman–Crippen LogP) is 2.98. The number of rotatable bonds is 7. The molecule has 7 heteroatoms. The zero-order chi connectivity index (χ0) is 19.8. The molecule has 0 spiro atoms. The van der Waals surface area contributed by atoms with Crippen LogP contribution < -0.4 is 15.4 Å². The van der Waals surface area contributed by atoms with Crippen molar-refractivity contribution < 1.29 is 9.53 Å². The molecule has 0 radical (unpaired) electrons. The van der Waals surface area contributed by atoms with Gasteiger partial charge in [-0.3, -0.25) is 9.79 Å². The number of hydrogen-bond donors (Lipinski definition) is 2. The number of aryl methyl sites for hydroxylation is 1. The number of benzene rings is 1. The molecule has 1 aliphatic rings. The van der Waals surface area contributed by atoms with Crippen molar-refractivity contribution >= 4 is 35.8 Å². The summed E-state index contributed by atoms with van der Waals surface area (Å²) in [7, 11) is 1.70. The molecule has 1 fully saturated rings. The van der Waals surface area contributed by atoms with Gasteiger partial charge in [0.25, 0.3) is 0 Å². The normalized spacial score (nSPS) is 16.7. The molecule has 1 aromatic carbocycles. The van der Waals surface area contributed by atoms with Gasteiger partial charge >= 0.3 is 0 Å². The third kappa shape index (κ3) is 7.14. The Bertz CT molecular complexity index is 664. The first-order valence-electron chi connectivity index (χ1n) is 9.91. The highest BCUT2D eigenvalue weighted by atomic mass is 127. The number of carbonyl (C=O) groups excluding carboxylic acids is 1. The second kappa shape index (κ2) is 12.1. The van der Waals surface area contributed by atoms with Gasteiger partial charge in [-0.15, -0.1) is 24.0 Å². The van der Waals surface area contributed by atoms with E-state index in [1.807, 2.05) is 24.8 Å². The standard InChI is InChI=1S/C21H34N4O2.HI/c1-6-22-21(24-18-10-12-25(14-18)20(26)15(2)3)23-11-9-17-13-16(4)7-8-19(17)27-5;/h7-8,13,15,18H,6,9-12,14H2,1-5H3,(H2,22,23,24);1H. The van der Waals surface area contributed by atoms with Crippen LogP contribution in [0, 0.1) is 12.8 Å². The first kappa shape index (κ1) is 24.5. The lowest BCUT2D eigenvalue weighted by Crippen LogP contribution is -2.45. The summed E-state index contributed by atoms with van der Waals surface area (Å²) in [6.07, 6.45) is 1.78. The minimum atomic E-state index is 0. The molecule has 1 aromatic rings. The number of ether oxygens (including phenoxy) is 1. The molecule has 1 atom stereocenters. The van der Waals surface area contributed by atoms with Crippen molar-refractivity contribution in [2.24, 2.45) is 10.9 Å². The Morgan fingerprint density at radius 1 is 1.39 bits per heavy atom. The van der Waals surface area contributed by atoms with Crippen LogP contribution >= 0.6 is 24.0 Å². The van der Waals surface area contributed by atoms with Crippen molar-refractivity contribution in [1.82, 2.24) is 15.5 Å². The highest BCUT2D eigenvalue weighted by molar-refractivity contribution is 14.0. The fourth-order valence-electron chi connectivity index (χ4n) is 3.35. The molecule has 2 rings (SSSR count). The lowest BCUT2D eigenvalue weighted by atomic mass is 10.1. The molecule has 28 heavy (non-hydrogen) atoms. The van der Waals surface area contributed by atoms with Gasteiger partial charge in [-0.2, -0.15) is 0 Å². The van der Waals surface area contributed by atoms with E-state index in [2.05, 4.69) is 36.6 Å². The molecule has 6 nitrogen and oxygen atoms in total. The van der Waals surface area contributed by atoms with Crippen molar-refractivity contribution in [2.75, 3.05) is 33.3 Å². The number of carbonyl (C=O) groups is 1. The largest absolute Gasteiger partial charge is 0.496 e. The van der Waals surface area contributed by atoms with Crippen LogP contribution in [0.25, 0.3) is 0 Å². The summed E-state index contributed by atoms with van der Waals surface area (Å²) < 4.78 is 5.45. The monoisotopic (exact) mass is 502 g/mol. The highest BCUT2D eigenvalue weighted by Gasteiger charge is 2.27. The number of nitrogens with one attached hydrogen (secondary N) is 2. The van der Waals surface area contributed by atoms with Gasteiger partial charge in [0, 0.05) is 38.1 Å². The fourth-order valence-corrected chi connectivity index (χ4v) is 3.35. The zero-order valence-electron chi connectivity index (χ0n) is 17.7. The number of hydrogen-bond acceptors (Lipinski definition) is 3. The Morgan fingerprint density at radius 2 is 2.14 bits per heavy atom. The fraction of sp³-hybridized carbons (Fsp3) is 0.619. The van der Waals surface area contributed by atoms with E-state index in [9.17, 15) is 4.79 Å². The number of methoxy groups -OCH3 is 1. The Balaban J connectivity index is 0.00000392. The SMILES string of the molecule is CCNC(=NCCc1cc(C)ccc1OC)NC1CCN(C(=O)C(C)C)C1.I. The summed E-state index contributed by atoms with van der Waals surface area (Å²) in [6.45, 7) is 11.1. The van der Waals surface area contributed by atoms with Crippen molar-refractivity contribution in [3.05, 3.63) is 29.3 Å². The number of aliphatic imine (C=N–C) groups is 1. The first-order chi connectivity index (χ1) is 12.9. The van der Waals surface area contributed by atoms with E-state index in [0.717, 1.165) is 44.2 Å². The minimum Gasteiger partial charge on any atom is -0.496 e. The van der Waals surface area contributed by atoms with Gasteiger partial charge in [0.15, 0.2) is 5.96 Å². The van der Waals surface area contributed by atoms with Crippen LogP contribution in [-0.4, -0.2) is 56.1 Å². The summed E-state index contributed by atoms with van der Waals surface area (Å²) in [6, 6.07) is 6.47. The maximum Gasteiger partial charge on any atom is 0.225 e. The summed E-state index contributed by atoms with van der Waals surface area (Å²) in [5.74, 6) is 2.00. The summed E-state index contributed by atoms with van der Waals surface area (Å²) in [5.41, 5.74) is 2.40. The molecule has 0 aromatic heterocycles. The third-order valence-electron chi connectivity index (χ3n) is 4.77. The van der Waals surface area contributed by atoms with E-state index < -0.39 is 0 Å². The number of nitrogens with zero attached hydrogens (tertiary/aromatic N) is 2. The van der Waals surface area contributed by atoms with Gasteiger partial charge in [-0.05, 0) is 38.3 Å². The Hall–Kier alpha value is -1.51. The maximum atomic E-state index is 12.2. The minimum absolute atomic E-state index is 0. The highest BCUT2D eigenvalue weighted by Crippen LogP contribution is 2.20. The molecule has 1 heterocycles. The van der Waals surface area contributed by atoms with Crippen molar-refractivity contribution in [3.63, 3.8) is 0 Å². The lowest BCUT2D eigenvalue weighted by molar-refractivity contribution is -0.133. The van der Waals surface area contributed by atoms with Crippen molar-refractivity contribution in [1.29, 1.82) is 0 Å². The van der Waals surface area contributed by atoms with E-state index in [0.29, 0.717) is 6.54 Å². The van der Waals surface area contributed by atoms with Crippen LogP contribution in [0.1, 0.15) is 38.3 Å².